The van der Waals surface area contributed by atoms with E-state index in [9.17, 15) is 9.59 Å². The summed E-state index contributed by atoms with van der Waals surface area (Å²) >= 11 is 1.47. The van der Waals surface area contributed by atoms with E-state index in [-0.39, 0.29) is 17.7 Å². The van der Waals surface area contributed by atoms with E-state index in [1.54, 1.807) is 10.9 Å². The number of imidazole rings is 1. The molecule has 1 saturated heterocycles. The molecule has 0 bridgehead atoms. The molecule has 0 aliphatic carbocycles. The molecule has 1 aliphatic heterocycles. The first-order valence-corrected chi connectivity index (χ1v) is 9.13. The molecule has 10 nitrogen and oxygen atoms in total. The first-order chi connectivity index (χ1) is 12.4. The molecule has 2 aromatic heterocycles. The maximum Gasteiger partial charge on any atom is 0.303 e. The summed E-state index contributed by atoms with van der Waals surface area (Å²) in [5.41, 5.74) is 6.81. The van der Waals surface area contributed by atoms with Gasteiger partial charge in [0.05, 0.1) is 11.6 Å². The fourth-order valence-corrected chi connectivity index (χ4v) is 3.83. The van der Waals surface area contributed by atoms with Crippen molar-refractivity contribution in [2.75, 3.05) is 18.6 Å². The molecule has 26 heavy (non-hydrogen) atoms. The van der Waals surface area contributed by atoms with Crippen molar-refractivity contribution in [2.45, 2.75) is 37.5 Å². The highest BCUT2D eigenvalue weighted by atomic mass is 32.2. The number of rotatable bonds is 5. The molecule has 0 radical (unpaired) electrons. The maximum absolute atomic E-state index is 11.5. The number of hydrogen-bond acceptors (Lipinski definition) is 10. The Morgan fingerprint density at radius 2 is 2.08 bits per heavy atom. The van der Waals surface area contributed by atoms with Gasteiger partial charge < -0.3 is 19.9 Å². The Morgan fingerprint density at radius 1 is 1.31 bits per heavy atom. The highest BCUT2D eigenvalue weighted by Crippen LogP contribution is 2.39. The lowest BCUT2D eigenvalue weighted by Gasteiger charge is -2.22. The van der Waals surface area contributed by atoms with Crippen molar-refractivity contribution in [3.05, 3.63) is 12.7 Å². The lowest BCUT2D eigenvalue weighted by Crippen LogP contribution is -2.36. The molecule has 1 aliphatic rings. The van der Waals surface area contributed by atoms with Crippen LogP contribution in [0.5, 0.6) is 0 Å². The number of carbonyl (C=O) groups is 2. The highest BCUT2D eigenvalue weighted by molar-refractivity contribution is 7.99. The van der Waals surface area contributed by atoms with Crippen LogP contribution in [0.2, 0.25) is 0 Å². The topological polar surface area (TPSA) is 131 Å². The number of fused-ring (bicyclic) bond motifs is 1. The number of anilines is 1. The van der Waals surface area contributed by atoms with Gasteiger partial charge in [-0.25, -0.2) is 15.0 Å². The Morgan fingerprint density at radius 3 is 2.73 bits per heavy atom. The van der Waals surface area contributed by atoms with E-state index >= 15 is 0 Å². The average molecular weight is 381 g/mol. The van der Waals surface area contributed by atoms with Crippen LogP contribution in [-0.2, 0) is 23.8 Å². The van der Waals surface area contributed by atoms with E-state index < -0.39 is 30.4 Å². The number of hydrogen-bond donors (Lipinski definition) is 1. The molecular formula is C15H19N5O5S. The number of esters is 2. The molecule has 3 heterocycles. The average Bonchev–Trinajstić information content (AvgIpc) is 3.14. The minimum atomic E-state index is -0.609. The molecule has 0 amide bonds. The smallest absolute Gasteiger partial charge is 0.303 e. The second-order valence-electron chi connectivity index (χ2n) is 5.73. The zero-order valence-corrected chi connectivity index (χ0v) is 15.3. The molecule has 2 aromatic rings. The van der Waals surface area contributed by atoms with E-state index in [1.165, 1.54) is 31.9 Å². The standard InChI is InChI=1S/C15H19N5O5S/c1-7(21)23-4-9-11(24-8(2)22)12(26-3)15(25-9)20-6-19-10-13(16)17-5-18-14(10)20/h5-6,9,11-12,15H,4H2,1-3H3,(H2,16,17,18)/t9-,11+,12-,15-/m1/s1. The number of nitrogens with two attached hydrogens (primary N) is 1. The first-order valence-electron chi connectivity index (χ1n) is 7.84. The Balaban J connectivity index is 1.95. The third kappa shape index (κ3) is 3.44. The zero-order chi connectivity index (χ0) is 18.8. The Kier molecular flexibility index (Phi) is 5.28. The second-order valence-corrected chi connectivity index (χ2v) is 6.74. The molecular weight excluding hydrogens is 362 g/mol. The molecule has 11 heteroatoms. The van der Waals surface area contributed by atoms with Gasteiger partial charge in [-0.15, -0.1) is 0 Å². The molecule has 2 N–H and O–H groups in total. The van der Waals surface area contributed by atoms with Gasteiger partial charge in [0.2, 0.25) is 0 Å². The van der Waals surface area contributed by atoms with Crippen LogP contribution in [0.4, 0.5) is 5.82 Å². The van der Waals surface area contributed by atoms with Crippen molar-refractivity contribution < 1.29 is 23.8 Å². The monoisotopic (exact) mass is 381 g/mol. The molecule has 0 unspecified atom stereocenters. The van der Waals surface area contributed by atoms with Crippen molar-refractivity contribution >= 4 is 40.7 Å². The third-order valence-corrected chi connectivity index (χ3v) is 5.02. The summed E-state index contributed by atoms with van der Waals surface area (Å²) < 4.78 is 18.3. The normalized spacial score (nSPS) is 25.3. The summed E-state index contributed by atoms with van der Waals surface area (Å²) in [5, 5.41) is -0.256. The van der Waals surface area contributed by atoms with Gasteiger partial charge in [0.15, 0.2) is 17.7 Å². The van der Waals surface area contributed by atoms with E-state index in [0.29, 0.717) is 11.2 Å². The SMILES string of the molecule is CS[C@@H]1[C@@H](OC(C)=O)[C@@H](COC(C)=O)O[C@H]1n1cnc2c(N)ncnc21. The van der Waals surface area contributed by atoms with Crippen LogP contribution in [-0.4, -0.2) is 61.8 Å². The van der Waals surface area contributed by atoms with Gasteiger partial charge in [0, 0.05) is 13.8 Å². The lowest BCUT2D eigenvalue weighted by molar-refractivity contribution is -0.155. The second kappa shape index (κ2) is 7.46. The summed E-state index contributed by atoms with van der Waals surface area (Å²) in [4.78, 5) is 35.1. The number of thioether (sulfide) groups is 1. The quantitative estimate of drug-likeness (QED) is 0.732. The molecule has 3 rings (SSSR count). The third-order valence-electron chi connectivity index (χ3n) is 3.97. The van der Waals surface area contributed by atoms with E-state index in [1.807, 2.05) is 6.26 Å². The van der Waals surface area contributed by atoms with Crippen LogP contribution < -0.4 is 5.73 Å². The Hall–Kier alpha value is -2.40. The van der Waals surface area contributed by atoms with Crippen LogP contribution in [0.3, 0.4) is 0 Å². The fourth-order valence-electron chi connectivity index (χ4n) is 2.91. The van der Waals surface area contributed by atoms with Gasteiger partial charge in [-0.2, -0.15) is 11.8 Å². The molecule has 0 spiro atoms. The predicted molar refractivity (Wildman–Crippen MR) is 93.1 cm³/mol. The zero-order valence-electron chi connectivity index (χ0n) is 14.5. The van der Waals surface area contributed by atoms with E-state index in [0.717, 1.165) is 0 Å². The van der Waals surface area contributed by atoms with Crippen molar-refractivity contribution in [1.29, 1.82) is 0 Å². The maximum atomic E-state index is 11.5. The van der Waals surface area contributed by atoms with Crippen molar-refractivity contribution in [2.24, 2.45) is 0 Å². The van der Waals surface area contributed by atoms with Crippen LogP contribution in [0.1, 0.15) is 20.1 Å². The minimum Gasteiger partial charge on any atom is -0.463 e. The van der Waals surface area contributed by atoms with Gasteiger partial charge >= 0.3 is 11.9 Å². The number of aromatic nitrogens is 4. The largest absolute Gasteiger partial charge is 0.463 e. The number of nitrogens with zero attached hydrogens (tertiary/aromatic N) is 4. The molecule has 0 saturated carbocycles. The fraction of sp³-hybridized carbons (Fsp3) is 0.533. The number of carbonyl (C=O) groups excluding carboxylic acids is 2. The summed E-state index contributed by atoms with van der Waals surface area (Å²) in [6.07, 6.45) is 3.05. The van der Waals surface area contributed by atoms with Crippen molar-refractivity contribution in [3.63, 3.8) is 0 Å². The van der Waals surface area contributed by atoms with Gasteiger partial charge in [-0.05, 0) is 6.26 Å². The van der Waals surface area contributed by atoms with Crippen LogP contribution in [0, 0.1) is 0 Å². The Bertz CT molecular complexity index is 828. The number of ether oxygens (including phenoxy) is 3. The van der Waals surface area contributed by atoms with Crippen LogP contribution in [0.15, 0.2) is 12.7 Å². The van der Waals surface area contributed by atoms with Crippen LogP contribution >= 0.6 is 11.8 Å². The summed E-state index contributed by atoms with van der Waals surface area (Å²) in [7, 11) is 0. The summed E-state index contributed by atoms with van der Waals surface area (Å²) in [6.45, 7) is 2.61. The minimum absolute atomic E-state index is 0.0232. The molecule has 4 atom stereocenters. The number of nitrogen functional groups attached to an aromatic ring is 1. The van der Waals surface area contributed by atoms with Crippen molar-refractivity contribution in [1.82, 2.24) is 19.5 Å². The van der Waals surface area contributed by atoms with Gasteiger partial charge in [0.25, 0.3) is 0 Å². The van der Waals surface area contributed by atoms with E-state index in [2.05, 4.69) is 15.0 Å². The van der Waals surface area contributed by atoms with Gasteiger partial charge in [-0.1, -0.05) is 0 Å². The molecule has 140 valence electrons. The Labute approximate surface area is 153 Å². The first kappa shape index (κ1) is 18.4. The van der Waals surface area contributed by atoms with Gasteiger partial charge in [-0.3, -0.25) is 14.2 Å². The van der Waals surface area contributed by atoms with Crippen LogP contribution in [0.25, 0.3) is 11.2 Å². The summed E-state index contributed by atoms with van der Waals surface area (Å²) in [5.74, 6) is -0.610. The predicted octanol–water partition coefficient (Wildman–Crippen LogP) is 0.532. The van der Waals surface area contributed by atoms with Crippen molar-refractivity contribution in [3.8, 4) is 0 Å². The molecule has 0 aromatic carbocycles. The summed E-state index contributed by atoms with van der Waals surface area (Å²) in [6, 6.07) is 0. The highest BCUT2D eigenvalue weighted by Gasteiger charge is 2.48. The van der Waals surface area contributed by atoms with Gasteiger partial charge in [0.1, 0.15) is 30.7 Å². The lowest BCUT2D eigenvalue weighted by atomic mass is 10.1. The molecule has 1 fully saturated rings. The van der Waals surface area contributed by atoms with E-state index in [4.69, 9.17) is 19.9 Å².